The highest BCUT2D eigenvalue weighted by molar-refractivity contribution is 6.06. The highest BCUT2D eigenvalue weighted by Gasteiger charge is 2.75. The lowest BCUT2D eigenvalue weighted by Gasteiger charge is -2.33. The molecule has 4 atom stereocenters. The van der Waals surface area contributed by atoms with Crippen molar-refractivity contribution in [3.63, 3.8) is 0 Å². The molecule has 2 saturated carbocycles. The normalized spacial score (nSPS) is 35.8. The van der Waals surface area contributed by atoms with Crippen LogP contribution in [0.3, 0.4) is 0 Å². The van der Waals surface area contributed by atoms with Gasteiger partial charge in [-0.3, -0.25) is 19.7 Å². The van der Waals surface area contributed by atoms with Crippen LogP contribution in [-0.2, 0) is 14.3 Å². The smallest absolute Gasteiger partial charge is 0.320 e. The fourth-order valence-corrected chi connectivity index (χ4v) is 4.28. The van der Waals surface area contributed by atoms with Crippen LogP contribution in [-0.4, -0.2) is 40.5 Å². The Morgan fingerprint density at radius 1 is 1.39 bits per heavy atom. The van der Waals surface area contributed by atoms with Crippen LogP contribution < -0.4 is 0 Å². The summed E-state index contributed by atoms with van der Waals surface area (Å²) in [6.45, 7) is 0. The van der Waals surface area contributed by atoms with E-state index in [0.717, 1.165) is 7.11 Å². The molecule has 1 N–H and O–H groups in total. The topological polar surface area (TPSA) is 107 Å². The summed E-state index contributed by atoms with van der Waals surface area (Å²) in [5.74, 6) is -2.24. The molecule has 23 heavy (non-hydrogen) atoms. The number of nitro groups is 1. The number of nitrogens with zero attached hydrogens (tertiary/aromatic N) is 1. The number of hydrogen-bond donors (Lipinski definition) is 1. The molecule has 2 fully saturated rings. The van der Waals surface area contributed by atoms with Gasteiger partial charge in [0, 0.05) is 17.8 Å². The number of esters is 1. The second kappa shape index (κ2) is 5.13. The van der Waals surface area contributed by atoms with Gasteiger partial charge in [0.1, 0.15) is 11.0 Å². The van der Waals surface area contributed by atoms with Crippen molar-refractivity contribution >= 4 is 11.8 Å². The Morgan fingerprint density at radius 2 is 2.04 bits per heavy atom. The van der Waals surface area contributed by atoms with Gasteiger partial charge in [0.25, 0.3) is 0 Å². The summed E-state index contributed by atoms with van der Waals surface area (Å²) in [7, 11) is 1.15. The average Bonchev–Trinajstić information content (AvgIpc) is 2.78. The van der Waals surface area contributed by atoms with E-state index < -0.39 is 39.7 Å². The number of ether oxygens (including phenoxy) is 1. The minimum absolute atomic E-state index is 0.0143. The molecule has 2 aliphatic rings. The quantitative estimate of drug-likeness (QED) is 0.386. The van der Waals surface area contributed by atoms with Gasteiger partial charge in [-0.2, -0.15) is 0 Å². The largest absolute Gasteiger partial charge is 0.468 e. The van der Waals surface area contributed by atoms with Gasteiger partial charge in [-0.1, -0.05) is 30.3 Å². The first-order valence-corrected chi connectivity index (χ1v) is 7.39. The van der Waals surface area contributed by atoms with E-state index in [0.29, 0.717) is 5.56 Å². The van der Waals surface area contributed by atoms with E-state index in [1.54, 1.807) is 30.3 Å². The highest BCUT2D eigenvalue weighted by atomic mass is 16.6. The lowest BCUT2D eigenvalue weighted by atomic mass is 9.68. The van der Waals surface area contributed by atoms with Crippen molar-refractivity contribution in [2.45, 2.75) is 36.8 Å². The summed E-state index contributed by atoms with van der Waals surface area (Å²) in [6, 6.07) is 6.98. The van der Waals surface area contributed by atoms with Crippen LogP contribution >= 0.6 is 0 Å². The Labute approximate surface area is 132 Å². The van der Waals surface area contributed by atoms with Crippen molar-refractivity contribution in [1.82, 2.24) is 0 Å². The minimum Gasteiger partial charge on any atom is -0.468 e. The minimum atomic E-state index is -1.69. The number of carbonyl (C=O) groups is 2. The number of carbonyl (C=O) groups excluding carboxylic acids is 2. The second-order valence-electron chi connectivity index (χ2n) is 6.29. The Bertz CT molecular complexity index is 664. The zero-order valence-corrected chi connectivity index (χ0v) is 12.6. The van der Waals surface area contributed by atoms with Crippen molar-refractivity contribution in [3.8, 4) is 0 Å². The first-order chi connectivity index (χ1) is 10.9. The van der Waals surface area contributed by atoms with Gasteiger partial charge in [0.15, 0.2) is 5.78 Å². The average molecular weight is 319 g/mol. The molecular weight excluding hydrogens is 302 g/mol. The first kappa shape index (κ1) is 15.6. The van der Waals surface area contributed by atoms with Crippen LogP contribution in [0.15, 0.2) is 30.3 Å². The lowest BCUT2D eigenvalue weighted by Crippen LogP contribution is -2.47. The van der Waals surface area contributed by atoms with E-state index in [-0.39, 0.29) is 19.3 Å². The Morgan fingerprint density at radius 3 is 2.61 bits per heavy atom. The summed E-state index contributed by atoms with van der Waals surface area (Å²) < 4.78 is 4.81. The summed E-state index contributed by atoms with van der Waals surface area (Å²) in [6.07, 6.45) is -0.352. The third-order valence-corrected chi connectivity index (χ3v) is 5.20. The van der Waals surface area contributed by atoms with Gasteiger partial charge >= 0.3 is 5.97 Å². The van der Waals surface area contributed by atoms with E-state index in [9.17, 15) is 24.8 Å². The number of benzene rings is 1. The van der Waals surface area contributed by atoms with Gasteiger partial charge < -0.3 is 9.84 Å². The van der Waals surface area contributed by atoms with E-state index in [2.05, 4.69) is 0 Å². The third-order valence-electron chi connectivity index (χ3n) is 5.20. The predicted molar refractivity (Wildman–Crippen MR) is 78.2 cm³/mol. The van der Waals surface area contributed by atoms with Gasteiger partial charge in [0.2, 0.25) is 6.04 Å². The van der Waals surface area contributed by atoms with E-state index in [1.807, 2.05) is 0 Å². The summed E-state index contributed by atoms with van der Waals surface area (Å²) in [5, 5.41) is 22.5. The molecule has 0 radical (unpaired) electrons. The molecule has 2 bridgehead atoms. The third kappa shape index (κ3) is 1.99. The lowest BCUT2D eigenvalue weighted by molar-refractivity contribution is -0.544. The molecule has 7 nitrogen and oxygen atoms in total. The molecule has 0 unspecified atom stereocenters. The molecule has 0 heterocycles. The Hall–Kier alpha value is -2.28. The van der Waals surface area contributed by atoms with Gasteiger partial charge in [-0.05, 0) is 12.0 Å². The van der Waals surface area contributed by atoms with Crippen molar-refractivity contribution in [2.24, 2.45) is 5.41 Å². The number of rotatable bonds is 3. The van der Waals surface area contributed by atoms with Crippen LogP contribution in [0.4, 0.5) is 0 Å². The van der Waals surface area contributed by atoms with Crippen LogP contribution in [0.2, 0.25) is 0 Å². The molecule has 1 aromatic carbocycles. The van der Waals surface area contributed by atoms with E-state index in [1.165, 1.54) is 0 Å². The van der Waals surface area contributed by atoms with Crippen molar-refractivity contribution in [3.05, 3.63) is 46.0 Å². The first-order valence-electron chi connectivity index (χ1n) is 7.39. The molecule has 0 spiro atoms. The molecule has 1 aromatic rings. The standard InChI is InChI=1S/C16H17NO6/c1-23-14(19)16-9-15(20,8-7-11(16)18)13(17(21)22)12(16)10-5-3-2-4-6-10/h2-6,12-13,20H,7-9H2,1H3/t12-,13-,15+,16+/m1/s1. The predicted octanol–water partition coefficient (Wildman–Crippen LogP) is 1.07. The van der Waals surface area contributed by atoms with E-state index >= 15 is 0 Å². The van der Waals surface area contributed by atoms with Crippen LogP contribution in [0.25, 0.3) is 0 Å². The monoisotopic (exact) mass is 319 g/mol. The molecule has 122 valence electrons. The number of Topliss-reactive ketones (excluding diaryl/α,β-unsaturated/α-hetero) is 1. The summed E-state index contributed by atoms with van der Waals surface area (Å²) in [4.78, 5) is 36.2. The molecule has 0 amide bonds. The summed E-state index contributed by atoms with van der Waals surface area (Å²) in [5.41, 5.74) is -2.89. The van der Waals surface area contributed by atoms with Crippen LogP contribution in [0, 0.1) is 15.5 Å². The van der Waals surface area contributed by atoms with Gasteiger partial charge in [0.05, 0.1) is 13.0 Å². The molecule has 0 saturated heterocycles. The fraction of sp³-hybridized carbons (Fsp3) is 0.500. The number of hydrogen-bond acceptors (Lipinski definition) is 6. The SMILES string of the molecule is COC(=O)[C@@]12C[C@@](O)(CCC1=O)[C@H]([N+](=O)[O-])[C@H]2c1ccccc1. The maximum Gasteiger partial charge on any atom is 0.320 e. The highest BCUT2D eigenvalue weighted by Crippen LogP contribution is 2.60. The maximum absolute atomic E-state index is 12.6. The molecular formula is C16H17NO6. The molecule has 0 aromatic heterocycles. The van der Waals surface area contributed by atoms with Gasteiger partial charge in [-0.15, -0.1) is 0 Å². The molecule has 2 aliphatic carbocycles. The van der Waals surface area contributed by atoms with E-state index in [4.69, 9.17) is 4.74 Å². The summed E-state index contributed by atoms with van der Waals surface area (Å²) >= 11 is 0. The van der Waals surface area contributed by atoms with Gasteiger partial charge in [-0.25, -0.2) is 0 Å². The molecule has 7 heteroatoms. The fourth-order valence-electron chi connectivity index (χ4n) is 4.28. The zero-order valence-electron chi connectivity index (χ0n) is 12.6. The number of aliphatic hydroxyl groups is 1. The molecule has 0 aliphatic heterocycles. The number of ketones is 1. The maximum atomic E-state index is 12.6. The Kier molecular flexibility index (Phi) is 3.48. The van der Waals surface area contributed by atoms with Crippen molar-refractivity contribution in [1.29, 1.82) is 0 Å². The van der Waals surface area contributed by atoms with Crippen LogP contribution in [0.1, 0.15) is 30.7 Å². The van der Waals surface area contributed by atoms with Crippen molar-refractivity contribution < 1.29 is 24.4 Å². The second-order valence-corrected chi connectivity index (χ2v) is 6.29. The molecule has 3 rings (SSSR count). The Balaban J connectivity index is 2.26. The number of methoxy groups -OCH3 is 1. The van der Waals surface area contributed by atoms with Crippen LogP contribution in [0.5, 0.6) is 0 Å². The number of fused-ring (bicyclic) bond motifs is 2. The van der Waals surface area contributed by atoms with Crippen molar-refractivity contribution in [2.75, 3.05) is 7.11 Å². The zero-order chi connectivity index (χ0) is 16.8.